The van der Waals surface area contributed by atoms with Crippen LogP contribution >= 0.6 is 0 Å². The number of nitrogens with one attached hydrogen (secondary N) is 1. The summed E-state index contributed by atoms with van der Waals surface area (Å²) in [6, 6.07) is 6.05. The van der Waals surface area contributed by atoms with E-state index in [0.29, 0.717) is 13.0 Å². The summed E-state index contributed by atoms with van der Waals surface area (Å²) in [5.41, 5.74) is 3.41. The Labute approximate surface area is 113 Å². The number of aryl methyl sites for hydroxylation is 2. The van der Waals surface area contributed by atoms with Crippen molar-refractivity contribution in [2.45, 2.75) is 52.3 Å². The van der Waals surface area contributed by atoms with Gasteiger partial charge in [-0.2, -0.15) is 13.2 Å². The van der Waals surface area contributed by atoms with E-state index in [1.807, 2.05) is 32.9 Å². The lowest BCUT2D eigenvalue weighted by Gasteiger charge is -2.19. The number of hydrogen-bond acceptors (Lipinski definition) is 1. The first-order valence-electron chi connectivity index (χ1n) is 6.67. The Bertz CT molecular complexity index is 379. The van der Waals surface area contributed by atoms with Crippen molar-refractivity contribution >= 4 is 0 Å². The highest BCUT2D eigenvalue weighted by molar-refractivity contribution is 5.29. The molecular formula is C15H22F3N. The molecule has 1 N–H and O–H groups in total. The zero-order valence-electron chi connectivity index (χ0n) is 11.8. The van der Waals surface area contributed by atoms with Crippen LogP contribution in [0.2, 0.25) is 0 Å². The maximum Gasteiger partial charge on any atom is 0.389 e. The largest absolute Gasteiger partial charge is 0.389 e. The van der Waals surface area contributed by atoms with E-state index in [-0.39, 0.29) is 12.5 Å². The molecule has 19 heavy (non-hydrogen) atoms. The minimum absolute atomic E-state index is 0.118. The van der Waals surface area contributed by atoms with Crippen molar-refractivity contribution in [3.05, 3.63) is 34.9 Å². The smallest absolute Gasteiger partial charge is 0.314 e. The number of rotatable bonds is 6. The normalized spacial score (nSPS) is 13.6. The molecule has 1 nitrogen and oxygen atoms in total. The fourth-order valence-corrected chi connectivity index (χ4v) is 2.37. The molecule has 4 heteroatoms. The monoisotopic (exact) mass is 273 g/mol. The van der Waals surface area contributed by atoms with Crippen LogP contribution in [0, 0.1) is 13.8 Å². The van der Waals surface area contributed by atoms with Gasteiger partial charge in [0.2, 0.25) is 0 Å². The molecule has 0 fully saturated rings. The molecule has 0 aliphatic carbocycles. The van der Waals surface area contributed by atoms with Crippen molar-refractivity contribution in [1.82, 2.24) is 5.32 Å². The minimum atomic E-state index is -4.07. The molecule has 0 heterocycles. The van der Waals surface area contributed by atoms with Crippen LogP contribution in [0.15, 0.2) is 18.2 Å². The van der Waals surface area contributed by atoms with Crippen molar-refractivity contribution in [1.29, 1.82) is 0 Å². The van der Waals surface area contributed by atoms with Gasteiger partial charge in [-0.15, -0.1) is 0 Å². The molecule has 0 saturated carbocycles. The van der Waals surface area contributed by atoms with Crippen LogP contribution < -0.4 is 5.32 Å². The highest BCUT2D eigenvalue weighted by Crippen LogP contribution is 2.23. The highest BCUT2D eigenvalue weighted by Gasteiger charge is 2.28. The third kappa shape index (κ3) is 6.62. The summed E-state index contributed by atoms with van der Waals surface area (Å²) < 4.78 is 36.9. The molecule has 0 amide bonds. The first-order valence-corrected chi connectivity index (χ1v) is 6.67. The van der Waals surface area contributed by atoms with Gasteiger partial charge < -0.3 is 5.32 Å². The first-order chi connectivity index (χ1) is 8.80. The van der Waals surface area contributed by atoms with Crippen LogP contribution in [-0.2, 0) is 6.42 Å². The molecule has 0 aliphatic heterocycles. The van der Waals surface area contributed by atoms with E-state index in [0.717, 1.165) is 16.7 Å². The zero-order valence-corrected chi connectivity index (χ0v) is 11.8. The second-order valence-electron chi connectivity index (χ2n) is 5.11. The second kappa shape index (κ2) is 6.94. The van der Waals surface area contributed by atoms with Gasteiger partial charge >= 0.3 is 6.18 Å². The lowest BCUT2D eigenvalue weighted by molar-refractivity contribution is -0.136. The lowest BCUT2D eigenvalue weighted by Crippen LogP contribution is -2.32. The van der Waals surface area contributed by atoms with Gasteiger partial charge in [-0.05, 0) is 38.8 Å². The molecule has 0 spiro atoms. The van der Waals surface area contributed by atoms with Crippen molar-refractivity contribution in [2.75, 3.05) is 6.54 Å². The third-order valence-corrected chi connectivity index (χ3v) is 3.03. The molecule has 108 valence electrons. The van der Waals surface area contributed by atoms with E-state index in [1.165, 1.54) is 0 Å². The molecule has 1 rings (SSSR count). The Morgan fingerprint density at radius 3 is 2.16 bits per heavy atom. The summed E-state index contributed by atoms with van der Waals surface area (Å²) in [6.45, 7) is 6.62. The predicted molar refractivity (Wildman–Crippen MR) is 72.4 cm³/mol. The van der Waals surface area contributed by atoms with Crippen LogP contribution in [0.4, 0.5) is 13.2 Å². The summed E-state index contributed by atoms with van der Waals surface area (Å²) in [5.74, 6) is 0. The predicted octanol–water partition coefficient (Wildman–Crippen LogP) is 4.17. The van der Waals surface area contributed by atoms with Gasteiger partial charge in [0.05, 0.1) is 0 Å². The summed E-state index contributed by atoms with van der Waals surface area (Å²) in [6.07, 6.45) is -4.03. The Morgan fingerprint density at radius 2 is 1.68 bits per heavy atom. The first kappa shape index (κ1) is 16.0. The van der Waals surface area contributed by atoms with Gasteiger partial charge in [-0.1, -0.05) is 36.2 Å². The quantitative estimate of drug-likeness (QED) is 0.820. The van der Waals surface area contributed by atoms with Crippen LogP contribution in [0.3, 0.4) is 0 Å². The topological polar surface area (TPSA) is 12.0 Å². The maximum atomic E-state index is 12.3. The van der Waals surface area contributed by atoms with Gasteiger partial charge in [-0.3, -0.25) is 0 Å². The summed E-state index contributed by atoms with van der Waals surface area (Å²) in [4.78, 5) is 0. The van der Waals surface area contributed by atoms with Crippen molar-refractivity contribution in [3.8, 4) is 0 Å². The number of benzene rings is 1. The van der Waals surface area contributed by atoms with E-state index >= 15 is 0 Å². The van der Waals surface area contributed by atoms with Gasteiger partial charge in [0.1, 0.15) is 0 Å². The van der Waals surface area contributed by atoms with E-state index in [4.69, 9.17) is 0 Å². The second-order valence-corrected chi connectivity index (χ2v) is 5.11. The van der Waals surface area contributed by atoms with Crippen molar-refractivity contribution < 1.29 is 13.2 Å². The highest BCUT2D eigenvalue weighted by atomic mass is 19.4. The summed E-state index contributed by atoms with van der Waals surface area (Å²) in [7, 11) is 0. The van der Waals surface area contributed by atoms with Crippen LogP contribution in [-0.4, -0.2) is 18.8 Å². The zero-order chi connectivity index (χ0) is 14.5. The van der Waals surface area contributed by atoms with E-state index in [1.54, 1.807) is 0 Å². The molecule has 0 bridgehead atoms. The molecule has 0 radical (unpaired) electrons. The molecule has 1 atom stereocenters. The molecule has 1 aromatic carbocycles. The van der Waals surface area contributed by atoms with Crippen molar-refractivity contribution in [2.24, 2.45) is 0 Å². The molecule has 1 aromatic rings. The number of halogens is 3. The van der Waals surface area contributed by atoms with Gasteiger partial charge in [0, 0.05) is 12.5 Å². The minimum Gasteiger partial charge on any atom is -0.314 e. The van der Waals surface area contributed by atoms with E-state index in [2.05, 4.69) is 11.4 Å². The van der Waals surface area contributed by atoms with Crippen molar-refractivity contribution in [3.63, 3.8) is 0 Å². The van der Waals surface area contributed by atoms with Crippen LogP contribution in [0.5, 0.6) is 0 Å². The van der Waals surface area contributed by atoms with Gasteiger partial charge in [-0.25, -0.2) is 0 Å². The number of hydrogen-bond donors (Lipinski definition) is 1. The van der Waals surface area contributed by atoms with E-state index < -0.39 is 12.6 Å². The third-order valence-electron chi connectivity index (χ3n) is 3.03. The Balaban J connectivity index is 2.66. The van der Waals surface area contributed by atoms with Gasteiger partial charge in [0.15, 0.2) is 0 Å². The average Bonchev–Trinajstić information content (AvgIpc) is 2.23. The molecule has 1 unspecified atom stereocenters. The maximum absolute atomic E-state index is 12.3. The fourth-order valence-electron chi connectivity index (χ4n) is 2.37. The lowest BCUT2D eigenvalue weighted by atomic mass is 9.98. The van der Waals surface area contributed by atoms with Crippen LogP contribution in [0.25, 0.3) is 0 Å². The SMILES string of the molecule is CCNC(CCC(F)(F)F)Cc1cc(C)cc(C)c1. The Hall–Kier alpha value is -1.03. The molecule has 0 aliphatic rings. The van der Waals surface area contributed by atoms with E-state index in [9.17, 15) is 13.2 Å². The molecular weight excluding hydrogens is 251 g/mol. The van der Waals surface area contributed by atoms with Crippen LogP contribution in [0.1, 0.15) is 36.5 Å². The average molecular weight is 273 g/mol. The Morgan fingerprint density at radius 1 is 1.11 bits per heavy atom. The Kier molecular flexibility index (Phi) is 5.85. The summed E-state index contributed by atoms with van der Waals surface area (Å²) >= 11 is 0. The fraction of sp³-hybridized carbons (Fsp3) is 0.600. The standard InChI is InChI=1S/C15H22F3N/c1-4-19-14(5-6-15(16,17)18)10-13-8-11(2)7-12(3)9-13/h7-9,14,19H,4-6,10H2,1-3H3. The molecule has 0 aromatic heterocycles. The number of likely N-dealkylation sites (N-methyl/N-ethyl adjacent to an activating group) is 1. The van der Waals surface area contributed by atoms with Gasteiger partial charge in [0.25, 0.3) is 0 Å². The molecule has 0 saturated heterocycles. The summed E-state index contributed by atoms with van der Waals surface area (Å²) in [5, 5.41) is 3.14. The number of alkyl halides is 3.